The molecule has 0 aromatic heterocycles. The van der Waals surface area contributed by atoms with Crippen LogP contribution in [-0.4, -0.2) is 66.6 Å². The molecule has 0 saturated heterocycles. The van der Waals surface area contributed by atoms with Crippen molar-refractivity contribution >= 4 is 64.8 Å². The van der Waals surface area contributed by atoms with Crippen LogP contribution in [0.3, 0.4) is 0 Å². The van der Waals surface area contributed by atoms with Crippen molar-refractivity contribution in [1.82, 2.24) is 0 Å². The molecule has 0 amide bonds. The van der Waals surface area contributed by atoms with Crippen LogP contribution in [0, 0.1) is 0 Å². The maximum atomic E-state index is 12.3. The molecule has 0 fully saturated rings. The van der Waals surface area contributed by atoms with E-state index in [4.69, 9.17) is 32.0 Å². The van der Waals surface area contributed by atoms with Gasteiger partial charge in [0, 0.05) is 54.0 Å². The molecule has 0 rings (SSSR count). The van der Waals surface area contributed by atoms with E-state index in [1.807, 2.05) is 0 Å². The summed E-state index contributed by atoms with van der Waals surface area (Å²) in [5, 5.41) is 0. The standard InChI is InChI=1S/C9H24Cl3O3PS3/c1-17(2,10,13)7-16(8-18(3,4,11)14)9-19(5,6,12)15/h7-9H2,1-6H3. The zero-order chi connectivity index (χ0) is 16.0. The Balaban J connectivity index is 5.39. The van der Waals surface area contributed by atoms with Crippen molar-refractivity contribution in [3.05, 3.63) is 0 Å². The van der Waals surface area contributed by atoms with Gasteiger partial charge < -0.3 is 0 Å². The van der Waals surface area contributed by atoms with E-state index in [2.05, 4.69) is 0 Å². The van der Waals surface area contributed by atoms with E-state index in [9.17, 15) is 12.6 Å². The summed E-state index contributed by atoms with van der Waals surface area (Å²) in [6.45, 7) is 0. The fourth-order valence-electron chi connectivity index (χ4n) is 1.64. The van der Waals surface area contributed by atoms with Gasteiger partial charge >= 0.3 is 0 Å². The van der Waals surface area contributed by atoms with Crippen LogP contribution in [0.4, 0.5) is 0 Å². The van der Waals surface area contributed by atoms with Gasteiger partial charge in [0.15, 0.2) is 0 Å². The van der Waals surface area contributed by atoms with E-state index >= 15 is 0 Å². The summed E-state index contributed by atoms with van der Waals surface area (Å²) >= 11 is 0. The lowest BCUT2D eigenvalue weighted by Gasteiger charge is -2.39. The molecule has 3 nitrogen and oxygen atoms in total. The Morgan fingerprint density at radius 3 is 0.895 bits per heavy atom. The lowest BCUT2D eigenvalue weighted by Crippen LogP contribution is -2.34. The van der Waals surface area contributed by atoms with Crippen LogP contribution in [0.2, 0.25) is 0 Å². The second-order valence-corrected chi connectivity index (χ2v) is 31.4. The zero-order valence-electron chi connectivity index (χ0n) is 12.2. The highest BCUT2D eigenvalue weighted by atomic mass is 35.7. The lowest BCUT2D eigenvalue weighted by molar-refractivity contribution is 0.678. The third-order valence-corrected chi connectivity index (χ3v) is 17.3. The normalized spacial score (nSPS) is 22.3. The largest absolute Gasteiger partial charge is 0.268 e. The summed E-state index contributed by atoms with van der Waals surface area (Å²) < 4.78 is 36.9. The van der Waals surface area contributed by atoms with Crippen LogP contribution in [-0.2, 0) is 24.8 Å². The molecule has 0 heterocycles. The first-order chi connectivity index (χ1) is 7.54. The molecule has 0 spiro atoms. The number of halogens is 3. The number of hydrogen-bond acceptors (Lipinski definition) is 3. The van der Waals surface area contributed by atoms with E-state index in [0.29, 0.717) is 0 Å². The molecule has 19 heavy (non-hydrogen) atoms. The van der Waals surface area contributed by atoms with Crippen LogP contribution in [0.1, 0.15) is 0 Å². The van der Waals surface area contributed by atoms with Gasteiger partial charge in [-0.15, -0.1) is 0 Å². The van der Waals surface area contributed by atoms with E-state index in [1.54, 1.807) is 0 Å². The van der Waals surface area contributed by atoms with E-state index in [-0.39, 0.29) is 16.5 Å². The van der Waals surface area contributed by atoms with Gasteiger partial charge in [-0.1, -0.05) is 7.92 Å². The fourth-order valence-corrected chi connectivity index (χ4v) is 20.5. The van der Waals surface area contributed by atoms with Crippen molar-refractivity contribution in [2.24, 2.45) is 0 Å². The van der Waals surface area contributed by atoms with Gasteiger partial charge in [0.2, 0.25) is 0 Å². The predicted octanol–water partition coefficient (Wildman–Crippen LogP) is 3.04. The summed E-state index contributed by atoms with van der Waals surface area (Å²) in [6.07, 6.45) is 8.76. The molecule has 0 aliphatic heterocycles. The molecular formula is C9H24Cl3O3PS3. The van der Waals surface area contributed by atoms with Crippen LogP contribution >= 0.6 is 40.0 Å². The molecular weight excluding hydrogens is 390 g/mol. The predicted molar refractivity (Wildman–Crippen MR) is 99.1 cm³/mol. The van der Waals surface area contributed by atoms with Crippen molar-refractivity contribution in [3.8, 4) is 0 Å². The summed E-state index contributed by atoms with van der Waals surface area (Å²) in [7, 11) is 7.01. The van der Waals surface area contributed by atoms with Gasteiger partial charge in [-0.2, -0.15) is 0 Å². The third kappa shape index (κ3) is 16.0. The second-order valence-electron chi connectivity index (χ2n) is 6.81. The van der Waals surface area contributed by atoms with E-state index in [0.717, 1.165) is 0 Å². The van der Waals surface area contributed by atoms with Crippen LogP contribution < -0.4 is 0 Å². The summed E-state index contributed by atoms with van der Waals surface area (Å²) in [6, 6.07) is 0. The van der Waals surface area contributed by atoms with Crippen molar-refractivity contribution < 1.29 is 12.6 Å². The van der Waals surface area contributed by atoms with Crippen molar-refractivity contribution in [2.75, 3.05) is 54.0 Å². The molecule has 122 valence electrons. The summed E-state index contributed by atoms with van der Waals surface area (Å²) in [4.78, 5) is 0. The average molecular weight is 414 g/mol. The average Bonchev–Trinajstić information content (AvgIpc) is 1.61. The number of rotatable bonds is 6. The lowest BCUT2D eigenvalue weighted by atomic mass is 11.8. The van der Waals surface area contributed by atoms with Gasteiger partial charge in [-0.25, -0.2) is 0 Å². The first kappa shape index (κ1) is 20.8. The number of hydrogen-bond donors (Lipinski definition) is 0. The fraction of sp³-hybridized carbons (Fsp3) is 1.00. The summed E-state index contributed by atoms with van der Waals surface area (Å²) in [5.41, 5.74) is 0.458. The molecule has 0 unspecified atom stereocenters. The van der Waals surface area contributed by atoms with Gasteiger partial charge in [-0.05, 0) is 56.9 Å². The molecule has 0 aromatic carbocycles. The molecule has 0 saturated carbocycles. The molecule has 0 aliphatic rings. The SMILES string of the molecule is CS(C)(=O)(Cl)CP(CS(C)(C)(=O)Cl)CS(C)(C)(=O)Cl. The Morgan fingerprint density at radius 2 is 0.789 bits per heavy atom. The molecule has 0 N–H and O–H groups in total. The van der Waals surface area contributed by atoms with Crippen LogP contribution in [0.25, 0.3) is 0 Å². The molecule has 0 radical (unpaired) electrons. The minimum atomic E-state index is -3.31. The van der Waals surface area contributed by atoms with Crippen LogP contribution in [0.5, 0.6) is 0 Å². The Hall–Kier alpha value is 1.75. The topological polar surface area (TPSA) is 51.2 Å². The Kier molecular flexibility index (Phi) is 5.32. The Morgan fingerprint density at radius 1 is 0.632 bits per heavy atom. The van der Waals surface area contributed by atoms with Gasteiger partial charge in [0.25, 0.3) is 0 Å². The summed E-state index contributed by atoms with van der Waals surface area (Å²) in [5.74, 6) is 0. The van der Waals surface area contributed by atoms with Crippen molar-refractivity contribution in [3.63, 3.8) is 0 Å². The molecule has 10 heteroatoms. The van der Waals surface area contributed by atoms with Crippen molar-refractivity contribution in [2.45, 2.75) is 0 Å². The quantitative estimate of drug-likeness (QED) is 0.497. The minimum Gasteiger partial charge on any atom is -0.268 e. The first-order valence-electron chi connectivity index (χ1n) is 5.23. The smallest absolute Gasteiger partial charge is 0.0374 e. The highest BCUT2D eigenvalue weighted by Crippen LogP contribution is 2.54. The van der Waals surface area contributed by atoms with Gasteiger partial charge in [0.1, 0.15) is 0 Å². The molecule has 0 atom stereocenters. The first-order valence-corrected chi connectivity index (χ1v) is 18.5. The Labute approximate surface area is 131 Å². The molecule has 0 bridgehead atoms. The Bertz CT molecular complexity index is 455. The molecule has 0 aromatic rings. The van der Waals surface area contributed by atoms with E-state index in [1.165, 1.54) is 37.5 Å². The highest BCUT2D eigenvalue weighted by Gasteiger charge is 2.37. The zero-order valence-corrected chi connectivity index (χ0v) is 17.8. The highest BCUT2D eigenvalue weighted by molar-refractivity contribution is 8.45. The maximum Gasteiger partial charge on any atom is 0.0374 e. The second kappa shape index (κ2) is 4.87. The monoisotopic (exact) mass is 412 g/mol. The van der Waals surface area contributed by atoms with Crippen LogP contribution in [0.15, 0.2) is 0 Å². The molecule has 0 aliphatic carbocycles. The maximum absolute atomic E-state index is 12.3. The van der Waals surface area contributed by atoms with Gasteiger partial charge in [0.05, 0.1) is 0 Å². The minimum absolute atomic E-state index is 0.153. The van der Waals surface area contributed by atoms with Crippen molar-refractivity contribution in [1.29, 1.82) is 0 Å². The van der Waals surface area contributed by atoms with Gasteiger partial charge in [-0.3, -0.25) is 12.6 Å². The third-order valence-electron chi connectivity index (χ3n) is 1.63. The van der Waals surface area contributed by atoms with E-state index < -0.39 is 32.8 Å².